The summed E-state index contributed by atoms with van der Waals surface area (Å²) in [6, 6.07) is 19.1. The Morgan fingerprint density at radius 1 is 0.967 bits per heavy atom. The molecular formula is C25H22ClN3O. The van der Waals surface area contributed by atoms with E-state index in [-0.39, 0.29) is 5.91 Å². The van der Waals surface area contributed by atoms with E-state index >= 15 is 0 Å². The van der Waals surface area contributed by atoms with Gasteiger partial charge in [-0.15, -0.1) is 0 Å². The minimum atomic E-state index is 0.0430. The summed E-state index contributed by atoms with van der Waals surface area (Å²) in [4.78, 5) is 21.6. The topological polar surface area (TPSA) is 36.4 Å². The number of amides is 1. The van der Waals surface area contributed by atoms with Crippen LogP contribution in [0.2, 0.25) is 5.02 Å². The quantitative estimate of drug-likeness (QED) is 0.582. The highest BCUT2D eigenvalue weighted by Gasteiger charge is 2.23. The number of aryl methyl sites for hydroxylation is 1. The summed E-state index contributed by atoms with van der Waals surface area (Å²) >= 11 is 6.03. The summed E-state index contributed by atoms with van der Waals surface area (Å²) in [7, 11) is 0. The molecule has 1 aromatic heterocycles. The first kappa shape index (κ1) is 20.0. The van der Waals surface area contributed by atoms with Crippen LogP contribution in [-0.4, -0.2) is 42.0 Å². The second kappa shape index (κ2) is 9.02. The zero-order chi connectivity index (χ0) is 20.9. The maximum atomic E-state index is 13.1. The van der Waals surface area contributed by atoms with Gasteiger partial charge in [0, 0.05) is 54.1 Å². The number of carbonyl (C=O) groups excluding carboxylic acids is 1. The van der Waals surface area contributed by atoms with Crippen LogP contribution in [0.4, 0.5) is 5.82 Å². The molecule has 4 rings (SSSR count). The number of pyridine rings is 1. The van der Waals surface area contributed by atoms with Crippen LogP contribution in [0.15, 0.2) is 66.9 Å². The number of aromatic nitrogens is 1. The van der Waals surface area contributed by atoms with Crippen molar-refractivity contribution in [2.24, 2.45) is 0 Å². The monoisotopic (exact) mass is 415 g/mol. The SMILES string of the molecule is Cc1ccc(C(=O)N2CCN(c3ccccn3)CC2)cc1C#Cc1cccc(Cl)c1. The third-order valence-corrected chi connectivity index (χ3v) is 5.43. The lowest BCUT2D eigenvalue weighted by Crippen LogP contribution is -2.49. The average Bonchev–Trinajstić information content (AvgIpc) is 2.79. The molecule has 1 aliphatic heterocycles. The first-order valence-corrected chi connectivity index (χ1v) is 10.3. The first-order valence-electron chi connectivity index (χ1n) is 9.94. The maximum absolute atomic E-state index is 13.1. The number of nitrogens with zero attached hydrogens (tertiary/aromatic N) is 3. The molecule has 1 amide bonds. The third-order valence-electron chi connectivity index (χ3n) is 5.19. The molecule has 0 unspecified atom stereocenters. The predicted molar refractivity (Wildman–Crippen MR) is 121 cm³/mol. The van der Waals surface area contributed by atoms with E-state index in [1.54, 1.807) is 6.20 Å². The smallest absolute Gasteiger partial charge is 0.254 e. The number of halogens is 1. The van der Waals surface area contributed by atoms with Crippen molar-refractivity contribution >= 4 is 23.3 Å². The zero-order valence-corrected chi connectivity index (χ0v) is 17.6. The van der Waals surface area contributed by atoms with E-state index in [1.807, 2.05) is 72.5 Å². The van der Waals surface area contributed by atoms with Crippen LogP contribution in [-0.2, 0) is 0 Å². The van der Waals surface area contributed by atoms with E-state index < -0.39 is 0 Å². The van der Waals surface area contributed by atoms with Crippen molar-refractivity contribution in [1.82, 2.24) is 9.88 Å². The lowest BCUT2D eigenvalue weighted by molar-refractivity contribution is 0.0746. The zero-order valence-electron chi connectivity index (χ0n) is 16.8. The van der Waals surface area contributed by atoms with Crippen LogP contribution < -0.4 is 4.90 Å². The van der Waals surface area contributed by atoms with Crippen LogP contribution in [0.1, 0.15) is 27.0 Å². The molecule has 0 aliphatic carbocycles. The number of benzene rings is 2. The number of hydrogen-bond acceptors (Lipinski definition) is 3. The summed E-state index contributed by atoms with van der Waals surface area (Å²) in [6.07, 6.45) is 1.80. The van der Waals surface area contributed by atoms with E-state index in [0.717, 1.165) is 35.6 Å². The normalized spacial score (nSPS) is 13.5. The van der Waals surface area contributed by atoms with Gasteiger partial charge in [0.15, 0.2) is 0 Å². The fourth-order valence-electron chi connectivity index (χ4n) is 3.46. The molecule has 1 fully saturated rings. The predicted octanol–water partition coefficient (Wildman–Crippen LogP) is 4.41. The van der Waals surface area contributed by atoms with Crippen LogP contribution in [0.3, 0.4) is 0 Å². The molecule has 5 heteroatoms. The number of rotatable bonds is 2. The van der Waals surface area contributed by atoms with Crippen molar-refractivity contribution in [2.75, 3.05) is 31.1 Å². The lowest BCUT2D eigenvalue weighted by atomic mass is 10.0. The second-order valence-electron chi connectivity index (χ2n) is 7.26. The van der Waals surface area contributed by atoms with Crippen molar-refractivity contribution in [3.8, 4) is 11.8 Å². The van der Waals surface area contributed by atoms with Gasteiger partial charge in [-0.25, -0.2) is 4.98 Å². The van der Waals surface area contributed by atoms with E-state index in [0.29, 0.717) is 23.7 Å². The van der Waals surface area contributed by atoms with Crippen molar-refractivity contribution < 1.29 is 4.79 Å². The van der Waals surface area contributed by atoms with Gasteiger partial charge in [-0.05, 0) is 55.0 Å². The van der Waals surface area contributed by atoms with Crippen LogP contribution in [0, 0.1) is 18.8 Å². The fourth-order valence-corrected chi connectivity index (χ4v) is 3.65. The summed E-state index contributed by atoms with van der Waals surface area (Å²) in [5.41, 5.74) is 3.42. The van der Waals surface area contributed by atoms with E-state index in [2.05, 4.69) is 21.7 Å². The molecule has 0 N–H and O–H groups in total. The first-order chi connectivity index (χ1) is 14.6. The van der Waals surface area contributed by atoms with Crippen molar-refractivity contribution in [1.29, 1.82) is 0 Å². The van der Waals surface area contributed by atoms with Gasteiger partial charge in [-0.1, -0.05) is 41.6 Å². The van der Waals surface area contributed by atoms with Gasteiger partial charge < -0.3 is 9.80 Å². The Bertz CT molecular complexity index is 1110. The molecule has 0 saturated carbocycles. The minimum absolute atomic E-state index is 0.0430. The lowest BCUT2D eigenvalue weighted by Gasteiger charge is -2.35. The average molecular weight is 416 g/mol. The highest BCUT2D eigenvalue weighted by Crippen LogP contribution is 2.17. The van der Waals surface area contributed by atoms with Crippen LogP contribution in [0.25, 0.3) is 0 Å². The highest BCUT2D eigenvalue weighted by molar-refractivity contribution is 6.30. The Kier molecular flexibility index (Phi) is 6.02. The van der Waals surface area contributed by atoms with Gasteiger partial charge in [0.25, 0.3) is 5.91 Å². The van der Waals surface area contributed by atoms with Crippen molar-refractivity contribution in [3.05, 3.63) is 94.1 Å². The van der Waals surface area contributed by atoms with Gasteiger partial charge in [-0.3, -0.25) is 4.79 Å². The molecule has 0 atom stereocenters. The molecule has 4 nitrogen and oxygen atoms in total. The van der Waals surface area contributed by atoms with Crippen LogP contribution >= 0.6 is 11.6 Å². The fraction of sp³-hybridized carbons (Fsp3) is 0.200. The van der Waals surface area contributed by atoms with Crippen molar-refractivity contribution in [2.45, 2.75) is 6.92 Å². The summed E-state index contributed by atoms with van der Waals surface area (Å²) in [6.45, 7) is 4.90. The van der Waals surface area contributed by atoms with E-state index in [9.17, 15) is 4.79 Å². The molecule has 150 valence electrons. The molecular weight excluding hydrogens is 394 g/mol. The summed E-state index contributed by atoms with van der Waals surface area (Å²) in [5, 5.41) is 0.660. The van der Waals surface area contributed by atoms with Crippen LogP contribution in [0.5, 0.6) is 0 Å². The van der Waals surface area contributed by atoms with Gasteiger partial charge in [0.05, 0.1) is 0 Å². The molecule has 0 spiro atoms. The number of anilines is 1. The maximum Gasteiger partial charge on any atom is 0.254 e. The Labute approximate surface area is 182 Å². The second-order valence-corrected chi connectivity index (χ2v) is 7.69. The largest absolute Gasteiger partial charge is 0.353 e. The third kappa shape index (κ3) is 4.64. The van der Waals surface area contributed by atoms with E-state index in [1.165, 1.54) is 0 Å². The standard InChI is InChI=1S/C25H22ClN3O/c1-19-8-10-22(18-21(19)11-9-20-5-4-6-23(26)17-20)25(30)29-15-13-28(14-16-29)24-7-2-3-12-27-24/h2-8,10,12,17-18H,13-16H2,1H3. The Morgan fingerprint density at radius 2 is 1.80 bits per heavy atom. The van der Waals surface area contributed by atoms with Crippen molar-refractivity contribution in [3.63, 3.8) is 0 Å². The molecule has 2 aromatic carbocycles. The Balaban J connectivity index is 1.47. The highest BCUT2D eigenvalue weighted by atomic mass is 35.5. The summed E-state index contributed by atoms with van der Waals surface area (Å²) < 4.78 is 0. The number of piperazine rings is 1. The van der Waals surface area contributed by atoms with Gasteiger partial charge >= 0.3 is 0 Å². The number of hydrogen-bond donors (Lipinski definition) is 0. The summed E-state index contributed by atoms with van der Waals surface area (Å²) in [5.74, 6) is 7.33. The van der Waals surface area contributed by atoms with E-state index in [4.69, 9.17) is 11.6 Å². The molecule has 30 heavy (non-hydrogen) atoms. The van der Waals surface area contributed by atoms with Gasteiger partial charge in [0.1, 0.15) is 5.82 Å². The molecule has 1 aliphatic rings. The molecule has 1 saturated heterocycles. The van der Waals surface area contributed by atoms with Gasteiger partial charge in [-0.2, -0.15) is 0 Å². The Hall–Kier alpha value is -3.29. The number of carbonyl (C=O) groups is 1. The molecule has 0 radical (unpaired) electrons. The van der Waals surface area contributed by atoms with Gasteiger partial charge in [0.2, 0.25) is 0 Å². The molecule has 3 aromatic rings. The minimum Gasteiger partial charge on any atom is -0.353 e. The molecule has 2 heterocycles. The Morgan fingerprint density at radius 3 is 2.53 bits per heavy atom. The molecule has 0 bridgehead atoms.